The Hall–Kier alpha value is -3.33. The summed E-state index contributed by atoms with van der Waals surface area (Å²) in [5.41, 5.74) is 6.01. The molecular weight excluding hydrogens is 369 g/mol. The van der Waals surface area contributed by atoms with Crippen LogP contribution in [0.2, 0.25) is 0 Å². The highest BCUT2D eigenvalue weighted by Gasteiger charge is 2.16. The van der Waals surface area contributed by atoms with E-state index in [9.17, 15) is 14.0 Å². The number of hydrogen-bond acceptors (Lipinski definition) is 6. The van der Waals surface area contributed by atoms with E-state index in [0.29, 0.717) is 16.5 Å². The molecule has 134 valence electrons. The maximum absolute atomic E-state index is 13.6. The van der Waals surface area contributed by atoms with Gasteiger partial charge in [-0.2, -0.15) is 14.6 Å². The molecule has 0 spiro atoms. The molecule has 2 aromatic heterocycles. The molecule has 27 heavy (non-hydrogen) atoms. The van der Waals surface area contributed by atoms with E-state index in [4.69, 9.17) is 5.73 Å². The maximum Gasteiger partial charge on any atom is 0.300 e. The van der Waals surface area contributed by atoms with Gasteiger partial charge in [0.2, 0.25) is 5.91 Å². The molecule has 0 fully saturated rings. The average Bonchev–Trinajstić information content (AvgIpc) is 2.66. The van der Waals surface area contributed by atoms with Crippen molar-refractivity contribution in [1.29, 1.82) is 0 Å². The minimum atomic E-state index is -0.536. The second-order valence-electron chi connectivity index (χ2n) is 5.68. The van der Waals surface area contributed by atoms with Crippen molar-refractivity contribution in [3.05, 3.63) is 64.7 Å². The molecule has 0 aliphatic heterocycles. The van der Waals surface area contributed by atoms with Crippen molar-refractivity contribution in [2.24, 2.45) is 5.73 Å². The molecule has 0 saturated heterocycles. The van der Waals surface area contributed by atoms with E-state index in [1.165, 1.54) is 22.7 Å². The summed E-state index contributed by atoms with van der Waals surface area (Å²) in [5, 5.41) is 5.17. The van der Waals surface area contributed by atoms with Gasteiger partial charge in [-0.1, -0.05) is 42.1 Å². The third kappa shape index (κ3) is 3.24. The monoisotopic (exact) mass is 381 g/mol. The smallest absolute Gasteiger partial charge is 0.300 e. The minimum Gasteiger partial charge on any atom is -0.369 e. The Balaban J connectivity index is 2.04. The number of thioether (sulfide) groups is 1. The summed E-state index contributed by atoms with van der Waals surface area (Å²) < 4.78 is 15.0. The summed E-state index contributed by atoms with van der Waals surface area (Å²) in [4.78, 5) is 32.3. The first-order chi connectivity index (χ1) is 13.0. The van der Waals surface area contributed by atoms with Crippen molar-refractivity contribution in [1.82, 2.24) is 19.6 Å². The van der Waals surface area contributed by atoms with Gasteiger partial charge in [0.05, 0.1) is 11.3 Å². The van der Waals surface area contributed by atoms with Crippen LogP contribution in [0.5, 0.6) is 0 Å². The fraction of sp³-hybridized carbons (Fsp3) is 0.0556. The van der Waals surface area contributed by atoms with Gasteiger partial charge in [0.25, 0.3) is 5.56 Å². The number of hydrogen-bond donors (Lipinski definition) is 1. The standard InChI is InChI=1S/C18H12FN5O2S/c19-11-6-7-12-13(8-11)21-18(27-9-14(20)25)24-16(12)22-17(26)15(23-24)10-4-2-1-3-5-10/h1-8H,9H2,(H2,20,25). The first-order valence-electron chi connectivity index (χ1n) is 7.90. The Labute approximate surface area is 156 Å². The molecule has 4 aromatic rings. The molecule has 2 N–H and O–H groups in total. The third-order valence-corrected chi connectivity index (χ3v) is 4.75. The zero-order chi connectivity index (χ0) is 19.0. The van der Waals surface area contributed by atoms with Gasteiger partial charge in [-0.15, -0.1) is 0 Å². The molecule has 2 aromatic carbocycles. The molecule has 0 saturated carbocycles. The van der Waals surface area contributed by atoms with Crippen LogP contribution in [0.25, 0.3) is 27.8 Å². The predicted octanol–water partition coefficient (Wildman–Crippen LogP) is 2.02. The highest BCUT2D eigenvalue weighted by molar-refractivity contribution is 7.99. The zero-order valence-electron chi connectivity index (χ0n) is 13.8. The van der Waals surface area contributed by atoms with Crippen LogP contribution in [0.1, 0.15) is 0 Å². The van der Waals surface area contributed by atoms with E-state index in [0.717, 1.165) is 11.8 Å². The van der Waals surface area contributed by atoms with Gasteiger partial charge in [0.15, 0.2) is 16.5 Å². The zero-order valence-corrected chi connectivity index (χ0v) is 14.6. The SMILES string of the molecule is NC(=O)CSc1nc2cc(F)ccc2c2nc(=O)c(-c3ccccc3)nn12. The van der Waals surface area contributed by atoms with Crippen LogP contribution < -0.4 is 11.3 Å². The summed E-state index contributed by atoms with van der Waals surface area (Å²) in [6, 6.07) is 12.9. The molecule has 0 aliphatic carbocycles. The fourth-order valence-electron chi connectivity index (χ4n) is 2.64. The van der Waals surface area contributed by atoms with Crippen molar-refractivity contribution >= 4 is 34.2 Å². The highest BCUT2D eigenvalue weighted by atomic mass is 32.2. The number of benzene rings is 2. The number of fused-ring (bicyclic) bond motifs is 3. The van der Waals surface area contributed by atoms with Crippen LogP contribution in [0.15, 0.2) is 58.5 Å². The van der Waals surface area contributed by atoms with Gasteiger partial charge in [-0.25, -0.2) is 9.37 Å². The number of nitrogens with two attached hydrogens (primary N) is 1. The number of amides is 1. The molecule has 7 nitrogen and oxygen atoms in total. The Morgan fingerprint density at radius 2 is 1.93 bits per heavy atom. The van der Waals surface area contributed by atoms with Crippen LogP contribution in [-0.2, 0) is 4.79 Å². The van der Waals surface area contributed by atoms with Crippen LogP contribution in [0, 0.1) is 5.82 Å². The van der Waals surface area contributed by atoms with Gasteiger partial charge in [-0.3, -0.25) is 9.59 Å². The van der Waals surface area contributed by atoms with Crippen LogP contribution in [0.3, 0.4) is 0 Å². The topological polar surface area (TPSA) is 103 Å². The summed E-state index contributed by atoms with van der Waals surface area (Å²) in [5.74, 6) is -1.05. The Bertz CT molecular complexity index is 1240. The van der Waals surface area contributed by atoms with Gasteiger partial charge in [0.1, 0.15) is 5.82 Å². The third-order valence-electron chi connectivity index (χ3n) is 3.80. The molecule has 0 atom stereocenters. The van der Waals surface area contributed by atoms with Crippen LogP contribution in [-0.4, -0.2) is 31.2 Å². The van der Waals surface area contributed by atoms with Crippen molar-refractivity contribution in [2.45, 2.75) is 5.16 Å². The summed E-state index contributed by atoms with van der Waals surface area (Å²) in [6.45, 7) is 0. The van der Waals surface area contributed by atoms with Crippen LogP contribution >= 0.6 is 11.8 Å². The lowest BCUT2D eigenvalue weighted by Gasteiger charge is -2.10. The van der Waals surface area contributed by atoms with E-state index < -0.39 is 17.3 Å². The fourth-order valence-corrected chi connectivity index (χ4v) is 3.32. The Morgan fingerprint density at radius 3 is 2.67 bits per heavy atom. The van der Waals surface area contributed by atoms with E-state index in [1.807, 2.05) is 6.07 Å². The quantitative estimate of drug-likeness (QED) is 0.330. The van der Waals surface area contributed by atoms with Gasteiger partial charge < -0.3 is 5.73 Å². The normalized spacial score (nSPS) is 11.1. The number of carbonyl (C=O) groups is 1. The lowest BCUT2D eigenvalue weighted by Crippen LogP contribution is -2.19. The number of halogens is 1. The average molecular weight is 381 g/mol. The van der Waals surface area contributed by atoms with Crippen molar-refractivity contribution in [3.8, 4) is 11.3 Å². The van der Waals surface area contributed by atoms with Gasteiger partial charge in [-0.05, 0) is 12.1 Å². The van der Waals surface area contributed by atoms with E-state index >= 15 is 0 Å². The lowest BCUT2D eigenvalue weighted by molar-refractivity contribution is -0.115. The number of carbonyl (C=O) groups excluding carboxylic acids is 1. The largest absolute Gasteiger partial charge is 0.369 e. The van der Waals surface area contributed by atoms with E-state index in [1.54, 1.807) is 24.3 Å². The second kappa shape index (κ2) is 6.76. The first kappa shape index (κ1) is 17.1. The summed E-state index contributed by atoms with van der Waals surface area (Å²) in [7, 11) is 0. The van der Waals surface area contributed by atoms with Crippen molar-refractivity contribution in [3.63, 3.8) is 0 Å². The molecule has 1 amide bonds. The molecule has 2 heterocycles. The molecule has 0 unspecified atom stereocenters. The molecule has 0 radical (unpaired) electrons. The van der Waals surface area contributed by atoms with Crippen molar-refractivity contribution < 1.29 is 9.18 Å². The highest BCUT2D eigenvalue weighted by Crippen LogP contribution is 2.24. The molecule has 9 heteroatoms. The van der Waals surface area contributed by atoms with E-state index in [-0.39, 0.29) is 22.3 Å². The number of rotatable bonds is 4. The molecule has 4 rings (SSSR count). The molecular formula is C18H12FN5O2S. The predicted molar refractivity (Wildman–Crippen MR) is 99.9 cm³/mol. The number of nitrogens with zero attached hydrogens (tertiary/aromatic N) is 4. The lowest BCUT2D eigenvalue weighted by atomic mass is 10.2. The molecule has 0 aliphatic rings. The second-order valence-corrected chi connectivity index (χ2v) is 6.62. The Morgan fingerprint density at radius 1 is 1.15 bits per heavy atom. The maximum atomic E-state index is 13.6. The minimum absolute atomic E-state index is 0.0442. The van der Waals surface area contributed by atoms with Crippen LogP contribution in [0.4, 0.5) is 4.39 Å². The van der Waals surface area contributed by atoms with Gasteiger partial charge in [0, 0.05) is 17.0 Å². The first-order valence-corrected chi connectivity index (χ1v) is 8.88. The summed E-state index contributed by atoms with van der Waals surface area (Å²) >= 11 is 1.04. The molecule has 0 bridgehead atoms. The van der Waals surface area contributed by atoms with Crippen molar-refractivity contribution in [2.75, 3.05) is 5.75 Å². The Kier molecular flexibility index (Phi) is 4.28. The van der Waals surface area contributed by atoms with Gasteiger partial charge >= 0.3 is 0 Å². The number of aromatic nitrogens is 4. The van der Waals surface area contributed by atoms with E-state index in [2.05, 4.69) is 15.1 Å². The number of primary amides is 1. The summed E-state index contributed by atoms with van der Waals surface area (Å²) in [6.07, 6.45) is 0.